The summed E-state index contributed by atoms with van der Waals surface area (Å²) in [4.78, 5) is 0. The van der Waals surface area contributed by atoms with Crippen molar-refractivity contribution in [3.63, 3.8) is 0 Å². The molecular formula is C14H20FNO. The first-order valence-electron chi connectivity index (χ1n) is 6.30. The van der Waals surface area contributed by atoms with E-state index in [2.05, 4.69) is 12.2 Å². The van der Waals surface area contributed by atoms with Crippen LogP contribution in [-0.4, -0.2) is 19.2 Å². The second-order valence-electron chi connectivity index (χ2n) is 4.89. The lowest BCUT2D eigenvalue weighted by Crippen LogP contribution is -2.25. The maximum Gasteiger partial charge on any atom is 0.128 e. The van der Waals surface area contributed by atoms with Gasteiger partial charge in [0.05, 0.1) is 13.2 Å². The van der Waals surface area contributed by atoms with Crippen LogP contribution in [0.4, 0.5) is 4.39 Å². The summed E-state index contributed by atoms with van der Waals surface area (Å²) in [7, 11) is 0. The Morgan fingerprint density at radius 1 is 1.41 bits per heavy atom. The van der Waals surface area contributed by atoms with Crippen LogP contribution in [0.15, 0.2) is 24.3 Å². The maximum absolute atomic E-state index is 13.3. The van der Waals surface area contributed by atoms with Crippen LogP contribution in [0.25, 0.3) is 0 Å². The van der Waals surface area contributed by atoms with Gasteiger partial charge < -0.3 is 10.1 Å². The predicted molar refractivity (Wildman–Crippen MR) is 66.2 cm³/mol. The molecule has 3 heteroatoms. The molecular weight excluding hydrogens is 217 g/mol. The number of halogens is 1. The molecule has 1 aromatic carbocycles. The normalized spacial score (nSPS) is 17.1. The van der Waals surface area contributed by atoms with Gasteiger partial charge in [-0.1, -0.05) is 25.1 Å². The van der Waals surface area contributed by atoms with Crippen LogP contribution < -0.4 is 5.32 Å². The Hall–Kier alpha value is -0.930. The standard InChI is InChI=1S/C14H20FNO/c1-11(8-16-13-6-7-13)9-17-10-12-4-2-3-5-14(12)15/h2-5,11,13,16H,6-10H2,1H3. The lowest BCUT2D eigenvalue weighted by Gasteiger charge is -2.13. The van der Waals surface area contributed by atoms with Crippen LogP contribution in [-0.2, 0) is 11.3 Å². The zero-order valence-corrected chi connectivity index (χ0v) is 10.3. The van der Waals surface area contributed by atoms with Gasteiger partial charge >= 0.3 is 0 Å². The highest BCUT2D eigenvalue weighted by molar-refractivity contribution is 5.16. The van der Waals surface area contributed by atoms with Gasteiger partial charge in [-0.25, -0.2) is 4.39 Å². The van der Waals surface area contributed by atoms with E-state index in [-0.39, 0.29) is 5.82 Å². The highest BCUT2D eigenvalue weighted by atomic mass is 19.1. The third-order valence-electron chi connectivity index (χ3n) is 2.95. The van der Waals surface area contributed by atoms with E-state index in [0.717, 1.165) is 12.6 Å². The molecule has 1 fully saturated rings. The maximum atomic E-state index is 13.3. The molecule has 0 saturated heterocycles. The Kier molecular flexibility index (Phi) is 4.51. The molecule has 0 aliphatic heterocycles. The molecule has 2 nitrogen and oxygen atoms in total. The zero-order valence-electron chi connectivity index (χ0n) is 10.3. The molecule has 0 amide bonds. The van der Waals surface area contributed by atoms with E-state index in [1.165, 1.54) is 18.9 Å². The van der Waals surface area contributed by atoms with Gasteiger partial charge in [0.25, 0.3) is 0 Å². The lowest BCUT2D eigenvalue weighted by atomic mass is 10.2. The fourth-order valence-corrected chi connectivity index (χ4v) is 1.70. The first-order chi connectivity index (χ1) is 8.25. The van der Waals surface area contributed by atoms with E-state index in [4.69, 9.17) is 4.74 Å². The summed E-state index contributed by atoms with van der Waals surface area (Å²) in [5.41, 5.74) is 0.634. The fraction of sp³-hybridized carbons (Fsp3) is 0.571. The van der Waals surface area contributed by atoms with Crippen molar-refractivity contribution < 1.29 is 9.13 Å². The van der Waals surface area contributed by atoms with Crippen LogP contribution in [0.3, 0.4) is 0 Å². The van der Waals surface area contributed by atoms with Crippen LogP contribution in [0.5, 0.6) is 0 Å². The predicted octanol–water partition coefficient (Wildman–Crippen LogP) is 2.73. The number of rotatable bonds is 7. The Bertz CT molecular complexity index is 352. The third kappa shape index (κ3) is 4.44. The van der Waals surface area contributed by atoms with Crippen molar-refractivity contribution in [1.82, 2.24) is 5.32 Å². The Morgan fingerprint density at radius 2 is 2.18 bits per heavy atom. The third-order valence-corrected chi connectivity index (χ3v) is 2.95. The van der Waals surface area contributed by atoms with Crippen molar-refractivity contribution in [2.45, 2.75) is 32.4 Å². The van der Waals surface area contributed by atoms with Gasteiger partial charge in [0.1, 0.15) is 5.82 Å². The van der Waals surface area contributed by atoms with Gasteiger partial charge in [-0.3, -0.25) is 0 Å². The highest BCUT2D eigenvalue weighted by Gasteiger charge is 2.20. The largest absolute Gasteiger partial charge is 0.376 e. The van der Waals surface area contributed by atoms with Crippen molar-refractivity contribution in [1.29, 1.82) is 0 Å². The number of hydrogen-bond acceptors (Lipinski definition) is 2. The van der Waals surface area contributed by atoms with E-state index in [1.54, 1.807) is 12.1 Å². The zero-order chi connectivity index (χ0) is 12.1. The minimum atomic E-state index is -0.184. The molecule has 1 aromatic rings. The van der Waals surface area contributed by atoms with E-state index in [0.29, 0.717) is 24.7 Å². The number of ether oxygens (including phenoxy) is 1. The molecule has 1 aliphatic carbocycles. The summed E-state index contributed by atoms with van der Waals surface area (Å²) in [6, 6.07) is 7.50. The number of hydrogen-bond donors (Lipinski definition) is 1. The van der Waals surface area contributed by atoms with Crippen molar-refractivity contribution >= 4 is 0 Å². The second kappa shape index (κ2) is 6.12. The van der Waals surface area contributed by atoms with E-state index < -0.39 is 0 Å². The van der Waals surface area contributed by atoms with E-state index >= 15 is 0 Å². The molecule has 17 heavy (non-hydrogen) atoms. The quantitative estimate of drug-likeness (QED) is 0.787. The van der Waals surface area contributed by atoms with Gasteiger partial charge in [-0.2, -0.15) is 0 Å². The van der Waals surface area contributed by atoms with Crippen LogP contribution in [0.1, 0.15) is 25.3 Å². The Morgan fingerprint density at radius 3 is 2.88 bits per heavy atom. The molecule has 0 spiro atoms. The molecule has 0 aromatic heterocycles. The molecule has 1 aliphatic rings. The highest BCUT2D eigenvalue weighted by Crippen LogP contribution is 2.18. The van der Waals surface area contributed by atoms with Gasteiger partial charge in [-0.05, 0) is 24.8 Å². The van der Waals surface area contributed by atoms with Crippen molar-refractivity contribution in [2.75, 3.05) is 13.2 Å². The second-order valence-corrected chi connectivity index (χ2v) is 4.89. The lowest BCUT2D eigenvalue weighted by molar-refractivity contribution is 0.0898. The van der Waals surface area contributed by atoms with E-state index in [1.807, 2.05) is 6.07 Å². The Labute approximate surface area is 102 Å². The smallest absolute Gasteiger partial charge is 0.128 e. The molecule has 1 atom stereocenters. The average molecular weight is 237 g/mol. The minimum absolute atomic E-state index is 0.184. The van der Waals surface area contributed by atoms with Gasteiger partial charge in [0.2, 0.25) is 0 Å². The topological polar surface area (TPSA) is 21.3 Å². The first kappa shape index (κ1) is 12.5. The van der Waals surface area contributed by atoms with Crippen molar-refractivity contribution in [3.8, 4) is 0 Å². The molecule has 2 rings (SSSR count). The average Bonchev–Trinajstić information content (AvgIpc) is 3.13. The molecule has 1 N–H and O–H groups in total. The van der Waals surface area contributed by atoms with Crippen molar-refractivity contribution in [2.24, 2.45) is 5.92 Å². The van der Waals surface area contributed by atoms with Gasteiger partial charge in [-0.15, -0.1) is 0 Å². The van der Waals surface area contributed by atoms with Gasteiger partial charge in [0.15, 0.2) is 0 Å². The molecule has 0 radical (unpaired) electrons. The fourth-order valence-electron chi connectivity index (χ4n) is 1.70. The van der Waals surface area contributed by atoms with Crippen LogP contribution >= 0.6 is 0 Å². The monoisotopic (exact) mass is 237 g/mol. The summed E-state index contributed by atoms with van der Waals surface area (Å²) in [5, 5.41) is 3.46. The molecule has 0 heterocycles. The number of benzene rings is 1. The van der Waals surface area contributed by atoms with Gasteiger partial charge in [0, 0.05) is 18.2 Å². The molecule has 0 bridgehead atoms. The molecule has 1 unspecified atom stereocenters. The summed E-state index contributed by atoms with van der Waals surface area (Å²) in [6.45, 7) is 4.17. The van der Waals surface area contributed by atoms with E-state index in [9.17, 15) is 4.39 Å². The van der Waals surface area contributed by atoms with Crippen LogP contribution in [0, 0.1) is 11.7 Å². The van der Waals surface area contributed by atoms with Crippen LogP contribution in [0.2, 0.25) is 0 Å². The summed E-state index contributed by atoms with van der Waals surface area (Å²) in [6.07, 6.45) is 2.62. The van der Waals surface area contributed by atoms with Crippen molar-refractivity contribution in [3.05, 3.63) is 35.6 Å². The Balaban J connectivity index is 1.62. The summed E-state index contributed by atoms with van der Waals surface area (Å²) in [5.74, 6) is 0.290. The SMILES string of the molecule is CC(CNC1CC1)COCc1ccccc1F. The first-order valence-corrected chi connectivity index (χ1v) is 6.30. The molecule has 1 saturated carbocycles. The summed E-state index contributed by atoms with van der Waals surface area (Å²) < 4.78 is 18.8. The minimum Gasteiger partial charge on any atom is -0.376 e. The molecule has 94 valence electrons. The summed E-state index contributed by atoms with van der Waals surface area (Å²) >= 11 is 0. The number of nitrogens with one attached hydrogen (secondary N) is 1.